The average molecular weight is 271 g/mol. The van der Waals surface area contributed by atoms with Gasteiger partial charge in [0.15, 0.2) is 0 Å². The maximum atomic E-state index is 6.15. The van der Waals surface area contributed by atoms with Crippen molar-refractivity contribution >= 4 is 0 Å². The van der Waals surface area contributed by atoms with Gasteiger partial charge in [-0.3, -0.25) is 0 Å². The molecule has 2 nitrogen and oxygen atoms in total. The Hall–Kier alpha value is -1.12. The number of ether oxygens (including phenoxy) is 1. The summed E-state index contributed by atoms with van der Waals surface area (Å²) < 4.78 is 6.15. The van der Waals surface area contributed by atoms with E-state index in [1.165, 1.54) is 43.2 Å². The highest BCUT2D eigenvalue weighted by atomic mass is 16.5. The van der Waals surface area contributed by atoms with E-state index in [0.29, 0.717) is 6.04 Å². The predicted molar refractivity (Wildman–Crippen MR) is 82.9 cm³/mol. The molecule has 1 aliphatic heterocycles. The van der Waals surface area contributed by atoms with Gasteiger partial charge in [-0.2, -0.15) is 0 Å². The van der Waals surface area contributed by atoms with Crippen LogP contribution in [0.4, 0.5) is 0 Å². The number of nitrogens with one attached hydrogen (secondary N) is 1. The molecule has 2 unspecified atom stereocenters. The third-order valence-electron chi connectivity index (χ3n) is 4.62. The standard InChI is InChI=1S/C18H25NO/c1-19-17(15-9-4-2-3-5-10-15)18-16-11-7-6-8-14(16)12-13-20-18/h6-9,11,17-19H,2-5,10,12-13H2,1H3. The molecule has 1 aromatic rings. The van der Waals surface area contributed by atoms with Gasteiger partial charge in [-0.05, 0) is 50.3 Å². The van der Waals surface area contributed by atoms with Crippen molar-refractivity contribution in [2.75, 3.05) is 13.7 Å². The predicted octanol–water partition coefficient (Wildman–Crippen LogP) is 3.78. The monoisotopic (exact) mass is 271 g/mol. The molecule has 3 rings (SSSR count). The van der Waals surface area contributed by atoms with Crippen molar-refractivity contribution in [1.82, 2.24) is 5.32 Å². The van der Waals surface area contributed by atoms with Crippen LogP contribution in [0.1, 0.15) is 49.3 Å². The van der Waals surface area contributed by atoms with Crippen LogP contribution < -0.4 is 5.32 Å². The van der Waals surface area contributed by atoms with E-state index < -0.39 is 0 Å². The number of fused-ring (bicyclic) bond motifs is 1. The maximum Gasteiger partial charge on any atom is 0.102 e. The topological polar surface area (TPSA) is 21.3 Å². The van der Waals surface area contributed by atoms with E-state index in [-0.39, 0.29) is 6.10 Å². The van der Waals surface area contributed by atoms with Gasteiger partial charge < -0.3 is 10.1 Å². The first-order valence-electron chi connectivity index (χ1n) is 7.96. The van der Waals surface area contributed by atoms with Crippen LogP contribution in [-0.4, -0.2) is 19.7 Å². The Bertz CT molecular complexity index is 480. The zero-order valence-electron chi connectivity index (χ0n) is 12.4. The van der Waals surface area contributed by atoms with Crippen molar-refractivity contribution in [2.45, 2.75) is 50.7 Å². The molecule has 1 aliphatic carbocycles. The van der Waals surface area contributed by atoms with Gasteiger partial charge in [0.2, 0.25) is 0 Å². The van der Waals surface area contributed by atoms with E-state index in [1.54, 1.807) is 5.57 Å². The first-order valence-corrected chi connectivity index (χ1v) is 7.96. The number of rotatable bonds is 3. The van der Waals surface area contributed by atoms with Gasteiger partial charge in [0.1, 0.15) is 6.10 Å². The van der Waals surface area contributed by atoms with Crippen LogP contribution in [-0.2, 0) is 11.2 Å². The largest absolute Gasteiger partial charge is 0.371 e. The minimum atomic E-state index is 0.175. The van der Waals surface area contributed by atoms with E-state index in [2.05, 4.69) is 42.7 Å². The summed E-state index contributed by atoms with van der Waals surface area (Å²) in [4.78, 5) is 0. The maximum absolute atomic E-state index is 6.15. The molecular formula is C18H25NO. The Morgan fingerprint density at radius 3 is 2.95 bits per heavy atom. The highest BCUT2D eigenvalue weighted by molar-refractivity contribution is 5.34. The summed E-state index contributed by atoms with van der Waals surface area (Å²) in [7, 11) is 2.07. The highest BCUT2D eigenvalue weighted by Gasteiger charge is 2.30. The smallest absolute Gasteiger partial charge is 0.102 e. The Labute approximate surface area is 122 Å². The molecule has 20 heavy (non-hydrogen) atoms. The zero-order valence-corrected chi connectivity index (χ0v) is 12.4. The Kier molecular flexibility index (Phi) is 4.54. The van der Waals surface area contributed by atoms with Crippen LogP contribution in [0.15, 0.2) is 35.9 Å². The second kappa shape index (κ2) is 6.55. The normalized spacial score (nSPS) is 24.4. The number of hydrogen-bond acceptors (Lipinski definition) is 2. The van der Waals surface area contributed by atoms with Gasteiger partial charge in [-0.25, -0.2) is 0 Å². The number of likely N-dealkylation sites (N-methyl/N-ethyl adjacent to an activating group) is 1. The fourth-order valence-electron chi connectivity index (χ4n) is 3.55. The van der Waals surface area contributed by atoms with Crippen molar-refractivity contribution in [1.29, 1.82) is 0 Å². The van der Waals surface area contributed by atoms with Gasteiger partial charge >= 0.3 is 0 Å². The minimum absolute atomic E-state index is 0.175. The SMILES string of the molecule is CNC(C1=CCCCCC1)C1OCCc2ccccc21. The second-order valence-corrected chi connectivity index (χ2v) is 5.88. The fourth-order valence-corrected chi connectivity index (χ4v) is 3.55. The molecule has 0 bridgehead atoms. The van der Waals surface area contributed by atoms with Crippen LogP contribution >= 0.6 is 0 Å². The number of benzene rings is 1. The number of hydrogen-bond donors (Lipinski definition) is 1. The van der Waals surface area contributed by atoms with Crippen LogP contribution in [0.3, 0.4) is 0 Å². The third kappa shape index (κ3) is 2.82. The van der Waals surface area contributed by atoms with Crippen molar-refractivity contribution in [2.24, 2.45) is 0 Å². The summed E-state index contributed by atoms with van der Waals surface area (Å²) in [5.41, 5.74) is 4.38. The highest BCUT2D eigenvalue weighted by Crippen LogP contribution is 2.34. The van der Waals surface area contributed by atoms with E-state index in [0.717, 1.165) is 13.0 Å². The van der Waals surface area contributed by atoms with Gasteiger partial charge in [-0.15, -0.1) is 0 Å². The van der Waals surface area contributed by atoms with Gasteiger partial charge in [0.05, 0.1) is 12.6 Å². The van der Waals surface area contributed by atoms with E-state index in [4.69, 9.17) is 4.74 Å². The molecule has 0 saturated heterocycles. The van der Waals surface area contributed by atoms with Crippen LogP contribution in [0, 0.1) is 0 Å². The molecule has 2 heteroatoms. The Balaban J connectivity index is 1.88. The van der Waals surface area contributed by atoms with Crippen LogP contribution in [0.2, 0.25) is 0 Å². The van der Waals surface area contributed by atoms with Crippen LogP contribution in [0.25, 0.3) is 0 Å². The van der Waals surface area contributed by atoms with Crippen molar-refractivity contribution < 1.29 is 4.74 Å². The van der Waals surface area contributed by atoms with E-state index in [1.807, 2.05) is 0 Å². The van der Waals surface area contributed by atoms with Crippen molar-refractivity contribution in [3.8, 4) is 0 Å². The second-order valence-electron chi connectivity index (χ2n) is 5.88. The first kappa shape index (κ1) is 13.8. The molecule has 0 fully saturated rings. The summed E-state index contributed by atoms with van der Waals surface area (Å²) in [5.74, 6) is 0. The summed E-state index contributed by atoms with van der Waals surface area (Å²) >= 11 is 0. The molecular weight excluding hydrogens is 246 g/mol. The lowest BCUT2D eigenvalue weighted by molar-refractivity contribution is 0.0247. The molecule has 0 aromatic heterocycles. The molecule has 1 heterocycles. The van der Waals surface area contributed by atoms with Crippen molar-refractivity contribution in [3.63, 3.8) is 0 Å². The molecule has 0 spiro atoms. The van der Waals surface area contributed by atoms with Gasteiger partial charge in [0.25, 0.3) is 0 Å². The fraction of sp³-hybridized carbons (Fsp3) is 0.556. The lowest BCUT2D eigenvalue weighted by Crippen LogP contribution is -2.38. The number of allylic oxidation sites excluding steroid dienone is 1. The molecule has 0 amide bonds. The Morgan fingerprint density at radius 1 is 1.15 bits per heavy atom. The molecule has 0 saturated carbocycles. The van der Waals surface area contributed by atoms with E-state index >= 15 is 0 Å². The van der Waals surface area contributed by atoms with Crippen LogP contribution in [0.5, 0.6) is 0 Å². The van der Waals surface area contributed by atoms with Gasteiger partial charge in [0, 0.05) is 0 Å². The summed E-state index contributed by atoms with van der Waals surface area (Å²) in [6.07, 6.45) is 10.1. The summed E-state index contributed by atoms with van der Waals surface area (Å²) in [5, 5.41) is 3.52. The lowest BCUT2D eigenvalue weighted by Gasteiger charge is -2.34. The zero-order chi connectivity index (χ0) is 13.8. The molecule has 2 aliphatic rings. The Morgan fingerprint density at radius 2 is 2.05 bits per heavy atom. The van der Waals surface area contributed by atoms with E-state index in [9.17, 15) is 0 Å². The molecule has 0 radical (unpaired) electrons. The lowest BCUT2D eigenvalue weighted by atomic mass is 9.88. The van der Waals surface area contributed by atoms with Gasteiger partial charge in [-0.1, -0.05) is 42.3 Å². The molecule has 108 valence electrons. The van der Waals surface area contributed by atoms with Crippen molar-refractivity contribution in [3.05, 3.63) is 47.0 Å². The minimum Gasteiger partial charge on any atom is -0.371 e. The molecule has 1 aromatic carbocycles. The molecule has 1 N–H and O–H groups in total. The average Bonchev–Trinajstić information content (AvgIpc) is 2.78. The molecule has 2 atom stereocenters. The quantitative estimate of drug-likeness (QED) is 0.845. The summed E-state index contributed by atoms with van der Waals surface area (Å²) in [6, 6.07) is 9.09. The third-order valence-corrected chi connectivity index (χ3v) is 4.62. The summed E-state index contributed by atoms with van der Waals surface area (Å²) in [6.45, 7) is 0.840. The first-order chi connectivity index (χ1) is 9.90.